The third-order valence-corrected chi connectivity index (χ3v) is 0.992. The smallest absolute Gasteiger partial charge is 0.0383 e. The van der Waals surface area contributed by atoms with Gasteiger partial charge in [-0.15, -0.1) is 0 Å². The van der Waals surface area contributed by atoms with Gasteiger partial charge in [-0.3, -0.25) is 0 Å². The van der Waals surface area contributed by atoms with Gasteiger partial charge in [0.15, 0.2) is 0 Å². The zero-order valence-corrected chi connectivity index (χ0v) is 15.9. The molecule has 0 spiro atoms. The van der Waals surface area contributed by atoms with Gasteiger partial charge < -0.3 is 29.7 Å². The van der Waals surface area contributed by atoms with Crippen LogP contribution in [0.4, 0.5) is 0 Å². The standard InChI is InChI=1S/C8H7.3C2H4O2.Pb/c1-2-8-6-4-3-5-7-8;3*1-2(3)4;/h1-7H;3*1H3,(H,3,4);/p-3. The summed E-state index contributed by atoms with van der Waals surface area (Å²) in [6.07, 6.45) is 1.58. The molecule has 1 aromatic rings. The van der Waals surface area contributed by atoms with Gasteiger partial charge in [-0.2, -0.15) is 0 Å². The number of rotatable bonds is 1. The molecule has 0 atom stereocenters. The maximum Gasteiger partial charge on any atom is 0.0383 e. The third kappa shape index (κ3) is 70.6. The maximum absolute atomic E-state index is 8.89. The summed E-state index contributed by atoms with van der Waals surface area (Å²) in [5.41, 5.74) is 1.06. The van der Waals surface area contributed by atoms with Crippen molar-refractivity contribution in [2.45, 2.75) is 20.8 Å². The van der Waals surface area contributed by atoms with Crippen LogP contribution in [0, 0.1) is 6.58 Å². The molecule has 21 heavy (non-hydrogen) atoms. The predicted molar refractivity (Wildman–Crippen MR) is 73.0 cm³/mol. The van der Waals surface area contributed by atoms with E-state index in [1.165, 1.54) is 0 Å². The van der Waals surface area contributed by atoms with Gasteiger partial charge in [0.05, 0.1) is 0 Å². The second-order valence-electron chi connectivity index (χ2n) is 3.05. The van der Waals surface area contributed by atoms with E-state index < -0.39 is 17.9 Å². The van der Waals surface area contributed by atoms with E-state index in [2.05, 4.69) is 0 Å². The van der Waals surface area contributed by atoms with E-state index in [-0.39, 0.29) is 27.3 Å². The molecule has 5 radical (unpaired) electrons. The summed E-state index contributed by atoms with van der Waals surface area (Å²) in [5, 5.41) is 26.7. The molecule has 0 aliphatic rings. The predicted octanol–water partition coefficient (Wildman–Crippen LogP) is -1.98. The first-order valence-electron chi connectivity index (χ1n) is 5.26. The molecular weight excluding hydrogens is 471 g/mol. The Kier molecular flexibility index (Phi) is 27.1. The molecule has 0 N–H and O–H groups in total. The molecule has 0 heterocycles. The summed E-state index contributed by atoms with van der Waals surface area (Å²) in [6.45, 7) is 8.14. The molecule has 1 aromatic carbocycles. The van der Waals surface area contributed by atoms with E-state index in [0.717, 1.165) is 26.3 Å². The second kappa shape index (κ2) is 20.6. The van der Waals surface area contributed by atoms with E-state index in [0.29, 0.717) is 0 Å². The Labute approximate surface area is 144 Å². The molecule has 0 aliphatic carbocycles. The van der Waals surface area contributed by atoms with E-state index in [1.807, 2.05) is 30.3 Å². The van der Waals surface area contributed by atoms with E-state index in [4.69, 9.17) is 36.3 Å². The fourth-order valence-electron chi connectivity index (χ4n) is 0.564. The van der Waals surface area contributed by atoms with Crippen LogP contribution in [0.2, 0.25) is 0 Å². The van der Waals surface area contributed by atoms with Crippen molar-refractivity contribution in [3.8, 4) is 0 Å². The molecular formula is C14H16O6Pb-3. The molecule has 7 heteroatoms. The van der Waals surface area contributed by atoms with Crippen LogP contribution < -0.4 is 15.3 Å². The monoisotopic (exact) mass is 488 g/mol. The van der Waals surface area contributed by atoms with Crippen molar-refractivity contribution < 1.29 is 29.7 Å². The van der Waals surface area contributed by atoms with Gasteiger partial charge in [-0.25, -0.2) is 0 Å². The van der Waals surface area contributed by atoms with E-state index in [9.17, 15) is 0 Å². The van der Waals surface area contributed by atoms with Crippen LogP contribution in [0.5, 0.6) is 0 Å². The van der Waals surface area contributed by atoms with E-state index >= 15 is 0 Å². The molecule has 0 aliphatic heterocycles. The third-order valence-electron chi connectivity index (χ3n) is 0.992. The quantitative estimate of drug-likeness (QED) is 0.424. The maximum atomic E-state index is 8.89. The fraction of sp³-hybridized carbons (Fsp3) is 0.214. The minimum Gasteiger partial charge on any atom is -0.550 e. The van der Waals surface area contributed by atoms with Gasteiger partial charge in [0, 0.05) is 45.2 Å². The number of benzene rings is 1. The average molecular weight is 487 g/mol. The van der Waals surface area contributed by atoms with Crippen molar-refractivity contribution in [3.05, 3.63) is 42.5 Å². The van der Waals surface area contributed by atoms with Crippen molar-refractivity contribution in [2.75, 3.05) is 0 Å². The molecule has 1 rings (SSSR count). The SMILES string of the molecule is CC(=O)[O-].CC(=O)[O-].CC(=O)[O-].[CH]=Cc1ccccc1.[Pb]. The molecule has 0 saturated carbocycles. The van der Waals surface area contributed by atoms with Gasteiger partial charge in [0.25, 0.3) is 0 Å². The molecule has 0 fully saturated rings. The molecule has 6 nitrogen and oxygen atoms in total. The van der Waals surface area contributed by atoms with Crippen molar-refractivity contribution >= 4 is 51.3 Å². The normalized spacial score (nSPS) is 6.81. The number of carboxylic acids is 3. The largest absolute Gasteiger partial charge is 0.550 e. The number of carbonyl (C=O) groups excluding carboxylic acids is 3. The molecule has 0 amide bonds. The summed E-state index contributed by atoms with van der Waals surface area (Å²) in [6, 6.07) is 9.80. The average Bonchev–Trinajstić information content (AvgIpc) is 2.28. The van der Waals surface area contributed by atoms with Crippen LogP contribution in [-0.4, -0.2) is 45.2 Å². The minimum absolute atomic E-state index is 0. The number of aliphatic carboxylic acids is 3. The zero-order chi connectivity index (χ0) is 16.6. The molecule has 115 valence electrons. The molecule has 0 aromatic heterocycles. The zero-order valence-electron chi connectivity index (χ0n) is 12.0. The number of carbonyl (C=O) groups is 3. The summed E-state index contributed by atoms with van der Waals surface area (Å²) in [5.74, 6) is -3.25. The van der Waals surface area contributed by atoms with Crippen molar-refractivity contribution in [2.24, 2.45) is 0 Å². The van der Waals surface area contributed by atoms with Crippen molar-refractivity contribution in [1.29, 1.82) is 0 Å². The molecule has 0 bridgehead atoms. The fourth-order valence-corrected chi connectivity index (χ4v) is 0.564. The summed E-state index contributed by atoms with van der Waals surface area (Å²) < 4.78 is 0. The summed E-state index contributed by atoms with van der Waals surface area (Å²) >= 11 is 0. The van der Waals surface area contributed by atoms with Crippen LogP contribution in [0.1, 0.15) is 26.3 Å². The first kappa shape index (κ1) is 27.6. The summed E-state index contributed by atoms with van der Waals surface area (Å²) in [4.78, 5) is 26.7. The second-order valence-corrected chi connectivity index (χ2v) is 3.05. The minimum atomic E-state index is -1.08. The Morgan fingerprint density at radius 2 is 1.10 bits per heavy atom. The van der Waals surface area contributed by atoms with Gasteiger partial charge in [-0.05, 0) is 26.3 Å². The van der Waals surface area contributed by atoms with Crippen LogP contribution in [0.15, 0.2) is 30.3 Å². The number of carboxylic acid groups (broad SMARTS) is 3. The first-order chi connectivity index (χ1) is 9.13. The number of hydrogen-bond acceptors (Lipinski definition) is 6. The van der Waals surface area contributed by atoms with Crippen molar-refractivity contribution in [3.63, 3.8) is 0 Å². The van der Waals surface area contributed by atoms with Gasteiger partial charge >= 0.3 is 0 Å². The molecule has 0 unspecified atom stereocenters. The topological polar surface area (TPSA) is 120 Å². The molecule has 0 saturated heterocycles. The van der Waals surface area contributed by atoms with Gasteiger partial charge in [0.2, 0.25) is 0 Å². The van der Waals surface area contributed by atoms with E-state index in [1.54, 1.807) is 6.08 Å². The van der Waals surface area contributed by atoms with Crippen LogP contribution in [-0.2, 0) is 14.4 Å². The Morgan fingerprint density at radius 3 is 1.24 bits per heavy atom. The van der Waals surface area contributed by atoms with Gasteiger partial charge in [-0.1, -0.05) is 43.0 Å². The first-order valence-corrected chi connectivity index (χ1v) is 5.26. The van der Waals surface area contributed by atoms with Crippen LogP contribution >= 0.6 is 0 Å². The Morgan fingerprint density at radius 1 is 0.857 bits per heavy atom. The Balaban J connectivity index is -0.0000000973. The summed E-state index contributed by atoms with van der Waals surface area (Å²) in [7, 11) is 0. The Hall–Kier alpha value is -1.71. The van der Waals surface area contributed by atoms with Crippen LogP contribution in [0.3, 0.4) is 0 Å². The van der Waals surface area contributed by atoms with Crippen molar-refractivity contribution in [1.82, 2.24) is 0 Å². The van der Waals surface area contributed by atoms with Crippen LogP contribution in [0.25, 0.3) is 6.08 Å². The number of hydrogen-bond donors (Lipinski definition) is 0. The Bertz CT molecular complexity index is 363. The van der Waals surface area contributed by atoms with Gasteiger partial charge in [0.1, 0.15) is 0 Å².